The summed E-state index contributed by atoms with van der Waals surface area (Å²) in [5.74, 6) is 0.849. The van der Waals surface area contributed by atoms with Crippen molar-refractivity contribution in [3.63, 3.8) is 0 Å². The molecule has 0 radical (unpaired) electrons. The van der Waals surface area contributed by atoms with Gasteiger partial charge in [0.1, 0.15) is 5.75 Å². The van der Waals surface area contributed by atoms with E-state index in [2.05, 4.69) is 24.8 Å². The summed E-state index contributed by atoms with van der Waals surface area (Å²) in [6.07, 6.45) is 0.768. The zero-order chi connectivity index (χ0) is 13.1. The Morgan fingerprint density at radius 2 is 2.00 bits per heavy atom. The smallest absolute Gasteiger partial charge is 0.124 e. The molecule has 0 spiro atoms. The minimum Gasteiger partial charge on any atom is -0.496 e. The zero-order valence-corrected chi connectivity index (χ0v) is 10.9. The van der Waals surface area contributed by atoms with Gasteiger partial charge in [-0.05, 0) is 30.2 Å². The van der Waals surface area contributed by atoms with Crippen LogP contribution in [0.2, 0.25) is 0 Å². The van der Waals surface area contributed by atoms with Crippen molar-refractivity contribution in [3.8, 4) is 5.75 Å². The summed E-state index contributed by atoms with van der Waals surface area (Å²) in [7, 11) is 1.68. The zero-order valence-electron chi connectivity index (χ0n) is 10.9. The molecule has 0 unspecified atom stereocenters. The molecule has 2 N–H and O–H groups in total. The molecule has 0 heterocycles. The summed E-state index contributed by atoms with van der Waals surface area (Å²) in [6.45, 7) is 5.93. The van der Waals surface area contributed by atoms with Crippen LogP contribution in [0.5, 0.6) is 5.75 Å². The molecular formula is C16H19NO. The number of fused-ring (bicyclic) bond motifs is 1. The lowest BCUT2D eigenvalue weighted by Crippen LogP contribution is -2.12. The summed E-state index contributed by atoms with van der Waals surface area (Å²) in [4.78, 5) is 0. The van der Waals surface area contributed by atoms with Crippen LogP contribution in [0.25, 0.3) is 10.8 Å². The van der Waals surface area contributed by atoms with Gasteiger partial charge in [0.05, 0.1) is 7.11 Å². The first-order chi connectivity index (χ1) is 8.63. The number of benzene rings is 2. The standard InChI is InChI=1S/C16H19NO/c1-11(2)10-14(17)16-13-7-5-4-6-12(13)8-9-15(16)18-3/h4-9,14H,1,10,17H2,2-3H3/t14-/m0/s1. The molecule has 0 fully saturated rings. The van der Waals surface area contributed by atoms with E-state index in [-0.39, 0.29) is 6.04 Å². The predicted molar refractivity (Wildman–Crippen MR) is 76.9 cm³/mol. The minimum atomic E-state index is -0.0800. The summed E-state index contributed by atoms with van der Waals surface area (Å²) in [6, 6.07) is 12.2. The molecule has 0 amide bonds. The van der Waals surface area contributed by atoms with Crippen LogP contribution in [0.4, 0.5) is 0 Å². The van der Waals surface area contributed by atoms with E-state index in [1.807, 2.05) is 25.1 Å². The fraction of sp³-hybridized carbons (Fsp3) is 0.250. The molecule has 94 valence electrons. The maximum absolute atomic E-state index is 6.30. The van der Waals surface area contributed by atoms with E-state index >= 15 is 0 Å². The molecule has 0 saturated carbocycles. The second-order valence-electron chi connectivity index (χ2n) is 4.67. The van der Waals surface area contributed by atoms with Crippen molar-refractivity contribution in [2.45, 2.75) is 19.4 Å². The van der Waals surface area contributed by atoms with Gasteiger partial charge >= 0.3 is 0 Å². The van der Waals surface area contributed by atoms with E-state index in [0.717, 1.165) is 28.7 Å². The van der Waals surface area contributed by atoms with Crippen LogP contribution in [-0.2, 0) is 0 Å². The second-order valence-corrected chi connectivity index (χ2v) is 4.67. The van der Waals surface area contributed by atoms with Crippen LogP contribution in [0, 0.1) is 0 Å². The molecule has 2 aromatic carbocycles. The first-order valence-corrected chi connectivity index (χ1v) is 6.09. The van der Waals surface area contributed by atoms with Gasteiger partial charge in [0, 0.05) is 11.6 Å². The van der Waals surface area contributed by atoms with Gasteiger partial charge in [-0.25, -0.2) is 0 Å². The van der Waals surface area contributed by atoms with Crippen molar-refractivity contribution in [1.82, 2.24) is 0 Å². The highest BCUT2D eigenvalue weighted by atomic mass is 16.5. The van der Waals surface area contributed by atoms with Gasteiger partial charge in [-0.15, -0.1) is 6.58 Å². The van der Waals surface area contributed by atoms with Crippen molar-refractivity contribution in [1.29, 1.82) is 0 Å². The van der Waals surface area contributed by atoms with Crippen LogP contribution in [-0.4, -0.2) is 7.11 Å². The predicted octanol–water partition coefficient (Wildman–Crippen LogP) is 3.81. The van der Waals surface area contributed by atoms with Crippen molar-refractivity contribution in [2.24, 2.45) is 5.73 Å². The summed E-state index contributed by atoms with van der Waals surface area (Å²) >= 11 is 0. The average molecular weight is 241 g/mol. The molecule has 1 atom stereocenters. The Hall–Kier alpha value is -1.80. The number of nitrogens with two attached hydrogens (primary N) is 1. The maximum Gasteiger partial charge on any atom is 0.124 e. The average Bonchev–Trinajstić information content (AvgIpc) is 2.36. The van der Waals surface area contributed by atoms with Crippen LogP contribution in [0.1, 0.15) is 24.9 Å². The number of ether oxygens (including phenoxy) is 1. The third-order valence-corrected chi connectivity index (χ3v) is 3.09. The molecule has 0 aliphatic rings. The van der Waals surface area contributed by atoms with Crippen LogP contribution >= 0.6 is 0 Å². The fourth-order valence-electron chi connectivity index (χ4n) is 2.31. The van der Waals surface area contributed by atoms with E-state index in [0.29, 0.717) is 0 Å². The Labute approximate surface area is 108 Å². The third-order valence-electron chi connectivity index (χ3n) is 3.09. The molecule has 0 aromatic heterocycles. The molecule has 2 heteroatoms. The summed E-state index contributed by atoms with van der Waals surface area (Å²) < 4.78 is 5.45. The molecule has 0 aliphatic carbocycles. The Balaban J connectivity index is 2.60. The summed E-state index contributed by atoms with van der Waals surface area (Å²) in [5.41, 5.74) is 8.45. The molecule has 2 nitrogen and oxygen atoms in total. The van der Waals surface area contributed by atoms with Crippen molar-refractivity contribution < 1.29 is 4.74 Å². The normalized spacial score (nSPS) is 12.4. The Morgan fingerprint density at radius 1 is 1.28 bits per heavy atom. The second kappa shape index (κ2) is 5.23. The Bertz CT molecular complexity index is 574. The molecule has 0 saturated heterocycles. The lowest BCUT2D eigenvalue weighted by Gasteiger charge is -2.18. The summed E-state index contributed by atoms with van der Waals surface area (Å²) in [5, 5.41) is 2.34. The Morgan fingerprint density at radius 3 is 2.67 bits per heavy atom. The van der Waals surface area contributed by atoms with Gasteiger partial charge < -0.3 is 10.5 Å². The largest absolute Gasteiger partial charge is 0.496 e. The van der Waals surface area contributed by atoms with E-state index in [1.165, 1.54) is 5.39 Å². The highest BCUT2D eigenvalue weighted by Crippen LogP contribution is 2.34. The molecular weight excluding hydrogens is 222 g/mol. The van der Waals surface area contributed by atoms with Gasteiger partial charge in [0.2, 0.25) is 0 Å². The maximum atomic E-state index is 6.30. The highest BCUT2D eigenvalue weighted by Gasteiger charge is 2.15. The van der Waals surface area contributed by atoms with Gasteiger partial charge in [-0.2, -0.15) is 0 Å². The van der Waals surface area contributed by atoms with Gasteiger partial charge in [0.15, 0.2) is 0 Å². The number of hydrogen-bond donors (Lipinski definition) is 1. The SMILES string of the molecule is C=C(C)C[C@H](N)c1c(OC)ccc2ccccc12. The van der Waals surface area contributed by atoms with E-state index in [9.17, 15) is 0 Å². The molecule has 2 rings (SSSR count). The monoisotopic (exact) mass is 241 g/mol. The lowest BCUT2D eigenvalue weighted by atomic mass is 9.94. The van der Waals surface area contributed by atoms with Gasteiger partial charge in [-0.1, -0.05) is 35.9 Å². The topological polar surface area (TPSA) is 35.2 Å². The molecule has 0 bridgehead atoms. The number of rotatable bonds is 4. The first kappa shape index (κ1) is 12.7. The van der Waals surface area contributed by atoms with E-state index < -0.39 is 0 Å². The minimum absolute atomic E-state index is 0.0800. The molecule has 18 heavy (non-hydrogen) atoms. The quantitative estimate of drug-likeness (QED) is 0.826. The van der Waals surface area contributed by atoms with Crippen LogP contribution in [0.3, 0.4) is 0 Å². The van der Waals surface area contributed by atoms with Crippen LogP contribution < -0.4 is 10.5 Å². The van der Waals surface area contributed by atoms with Gasteiger partial charge in [0.25, 0.3) is 0 Å². The number of hydrogen-bond acceptors (Lipinski definition) is 2. The highest BCUT2D eigenvalue weighted by molar-refractivity contribution is 5.88. The van der Waals surface area contributed by atoms with Gasteiger partial charge in [-0.3, -0.25) is 0 Å². The number of methoxy groups -OCH3 is 1. The molecule has 2 aromatic rings. The Kier molecular flexibility index (Phi) is 3.68. The van der Waals surface area contributed by atoms with E-state index in [1.54, 1.807) is 7.11 Å². The van der Waals surface area contributed by atoms with Crippen molar-refractivity contribution in [3.05, 3.63) is 54.1 Å². The molecule has 0 aliphatic heterocycles. The third kappa shape index (κ3) is 2.39. The lowest BCUT2D eigenvalue weighted by molar-refractivity contribution is 0.406. The van der Waals surface area contributed by atoms with E-state index in [4.69, 9.17) is 10.5 Å². The fourth-order valence-corrected chi connectivity index (χ4v) is 2.31. The first-order valence-electron chi connectivity index (χ1n) is 6.09. The van der Waals surface area contributed by atoms with Crippen molar-refractivity contribution >= 4 is 10.8 Å². The van der Waals surface area contributed by atoms with Crippen LogP contribution in [0.15, 0.2) is 48.6 Å². The van der Waals surface area contributed by atoms with Crippen molar-refractivity contribution in [2.75, 3.05) is 7.11 Å².